The van der Waals surface area contributed by atoms with E-state index >= 15 is 0 Å². The lowest BCUT2D eigenvalue weighted by atomic mass is 10.1. The fourth-order valence-electron chi connectivity index (χ4n) is 0.787. The quantitative estimate of drug-likeness (QED) is 0.608. The van der Waals surface area contributed by atoms with Crippen LogP contribution in [-0.2, 0) is 0 Å². The molecular weight excluding hydrogens is 148 g/mol. The minimum Gasteiger partial charge on any atom is -0.390 e. The monoisotopic (exact) mass is 168 g/mol. The van der Waals surface area contributed by atoms with Crippen LogP contribution in [0.4, 0.5) is 0 Å². The van der Waals surface area contributed by atoms with E-state index in [0.29, 0.717) is 11.8 Å². The van der Waals surface area contributed by atoms with Gasteiger partial charge in [0.2, 0.25) is 0 Å². The SMILES string of the molecule is CC(C)CN/C=C(\C=N)C(C)C. The molecule has 0 bridgehead atoms. The van der Waals surface area contributed by atoms with Crippen LogP contribution in [0.1, 0.15) is 27.7 Å². The molecule has 0 amide bonds. The van der Waals surface area contributed by atoms with Crippen LogP contribution < -0.4 is 5.32 Å². The summed E-state index contributed by atoms with van der Waals surface area (Å²) in [6, 6.07) is 0. The predicted octanol–water partition coefficient (Wildman–Crippen LogP) is 2.42. The molecular formula is C10H20N2. The normalized spacial score (nSPS) is 12.3. The Morgan fingerprint density at radius 3 is 2.25 bits per heavy atom. The van der Waals surface area contributed by atoms with E-state index in [0.717, 1.165) is 12.1 Å². The standard InChI is InChI=1S/C10H20N2/c1-8(2)6-12-7-10(5-11)9(3)4/h5,7-9,11-12H,6H2,1-4H3/b10-7+,11-5?. The average Bonchev–Trinajstić information content (AvgIpc) is 1.96. The third-order valence-corrected chi connectivity index (χ3v) is 1.63. The van der Waals surface area contributed by atoms with Gasteiger partial charge in [-0.3, -0.25) is 0 Å². The summed E-state index contributed by atoms with van der Waals surface area (Å²) in [5.41, 5.74) is 1.05. The zero-order valence-electron chi connectivity index (χ0n) is 8.52. The van der Waals surface area contributed by atoms with Crippen molar-refractivity contribution >= 4 is 6.21 Å². The minimum absolute atomic E-state index is 0.433. The summed E-state index contributed by atoms with van der Waals surface area (Å²) in [5, 5.41) is 10.3. The summed E-state index contributed by atoms with van der Waals surface area (Å²) in [6.45, 7) is 9.49. The highest BCUT2D eigenvalue weighted by atomic mass is 14.8. The first kappa shape index (κ1) is 11.2. The Labute approximate surface area is 75.6 Å². The van der Waals surface area contributed by atoms with Crippen LogP contribution in [0.15, 0.2) is 11.8 Å². The van der Waals surface area contributed by atoms with Crippen molar-refractivity contribution in [3.05, 3.63) is 11.8 Å². The van der Waals surface area contributed by atoms with Gasteiger partial charge in [-0.2, -0.15) is 0 Å². The molecule has 12 heavy (non-hydrogen) atoms. The van der Waals surface area contributed by atoms with Crippen molar-refractivity contribution in [2.24, 2.45) is 11.8 Å². The highest BCUT2D eigenvalue weighted by Crippen LogP contribution is 2.04. The Morgan fingerprint density at radius 2 is 1.92 bits per heavy atom. The van der Waals surface area contributed by atoms with Crippen molar-refractivity contribution in [3.8, 4) is 0 Å². The number of allylic oxidation sites excluding steroid dienone is 1. The van der Waals surface area contributed by atoms with Gasteiger partial charge in [-0.1, -0.05) is 27.7 Å². The van der Waals surface area contributed by atoms with Gasteiger partial charge in [0.15, 0.2) is 0 Å². The Balaban J connectivity index is 3.86. The topological polar surface area (TPSA) is 35.9 Å². The van der Waals surface area contributed by atoms with Crippen molar-refractivity contribution in [3.63, 3.8) is 0 Å². The summed E-state index contributed by atoms with van der Waals surface area (Å²) in [4.78, 5) is 0. The van der Waals surface area contributed by atoms with Crippen LogP contribution in [0.5, 0.6) is 0 Å². The highest BCUT2D eigenvalue weighted by Gasteiger charge is 1.98. The molecule has 0 aromatic rings. The molecule has 0 radical (unpaired) electrons. The Morgan fingerprint density at radius 1 is 1.33 bits per heavy atom. The molecule has 70 valence electrons. The lowest BCUT2D eigenvalue weighted by Gasteiger charge is -2.08. The van der Waals surface area contributed by atoms with Gasteiger partial charge in [-0.15, -0.1) is 0 Å². The number of nitrogens with one attached hydrogen (secondary N) is 2. The molecule has 0 spiro atoms. The molecule has 0 aliphatic carbocycles. The fraction of sp³-hybridized carbons (Fsp3) is 0.700. The van der Waals surface area contributed by atoms with Gasteiger partial charge in [0, 0.05) is 19.0 Å². The van der Waals surface area contributed by atoms with E-state index in [2.05, 4.69) is 33.0 Å². The summed E-state index contributed by atoms with van der Waals surface area (Å²) >= 11 is 0. The summed E-state index contributed by atoms with van der Waals surface area (Å²) in [6.07, 6.45) is 3.36. The highest BCUT2D eigenvalue weighted by molar-refractivity contribution is 5.75. The van der Waals surface area contributed by atoms with E-state index in [9.17, 15) is 0 Å². The molecule has 0 aromatic heterocycles. The van der Waals surface area contributed by atoms with Gasteiger partial charge >= 0.3 is 0 Å². The number of hydrogen-bond donors (Lipinski definition) is 2. The summed E-state index contributed by atoms with van der Waals surface area (Å²) < 4.78 is 0. The van der Waals surface area contributed by atoms with Crippen molar-refractivity contribution in [2.45, 2.75) is 27.7 Å². The van der Waals surface area contributed by atoms with Gasteiger partial charge in [0.25, 0.3) is 0 Å². The maximum atomic E-state index is 7.14. The van der Waals surface area contributed by atoms with Crippen molar-refractivity contribution < 1.29 is 0 Å². The molecule has 0 fully saturated rings. The maximum absolute atomic E-state index is 7.14. The van der Waals surface area contributed by atoms with E-state index in [1.54, 1.807) is 0 Å². The first-order valence-electron chi connectivity index (χ1n) is 4.51. The first-order valence-corrected chi connectivity index (χ1v) is 4.51. The molecule has 2 N–H and O–H groups in total. The molecule has 0 aromatic carbocycles. The zero-order valence-corrected chi connectivity index (χ0v) is 8.52. The van der Waals surface area contributed by atoms with Gasteiger partial charge in [0.1, 0.15) is 0 Å². The summed E-state index contributed by atoms with van der Waals surface area (Å²) in [7, 11) is 0. The number of rotatable bonds is 5. The van der Waals surface area contributed by atoms with Crippen molar-refractivity contribution in [1.29, 1.82) is 5.41 Å². The smallest absolute Gasteiger partial charge is 0.0226 e. The molecule has 0 saturated carbocycles. The van der Waals surface area contributed by atoms with Crippen LogP contribution in [0.25, 0.3) is 0 Å². The van der Waals surface area contributed by atoms with E-state index in [1.165, 1.54) is 6.21 Å². The molecule has 0 heterocycles. The Kier molecular flexibility index (Phi) is 5.43. The molecule has 0 atom stereocenters. The Bertz CT molecular complexity index is 157. The third kappa shape index (κ3) is 4.94. The van der Waals surface area contributed by atoms with Crippen LogP contribution in [0.3, 0.4) is 0 Å². The van der Waals surface area contributed by atoms with E-state index in [-0.39, 0.29) is 0 Å². The average molecular weight is 168 g/mol. The predicted molar refractivity (Wildman–Crippen MR) is 54.5 cm³/mol. The van der Waals surface area contributed by atoms with Crippen molar-refractivity contribution in [2.75, 3.05) is 6.54 Å². The van der Waals surface area contributed by atoms with Gasteiger partial charge in [-0.05, 0) is 17.4 Å². The molecule has 2 nitrogen and oxygen atoms in total. The molecule has 0 aliphatic rings. The lowest BCUT2D eigenvalue weighted by Crippen LogP contribution is -2.14. The third-order valence-electron chi connectivity index (χ3n) is 1.63. The first-order chi connectivity index (χ1) is 5.57. The van der Waals surface area contributed by atoms with Crippen LogP contribution in [-0.4, -0.2) is 12.8 Å². The molecule has 0 unspecified atom stereocenters. The van der Waals surface area contributed by atoms with E-state index < -0.39 is 0 Å². The molecule has 0 rings (SSSR count). The van der Waals surface area contributed by atoms with Crippen molar-refractivity contribution in [1.82, 2.24) is 5.32 Å². The maximum Gasteiger partial charge on any atom is 0.0226 e. The fourth-order valence-corrected chi connectivity index (χ4v) is 0.787. The zero-order chi connectivity index (χ0) is 9.56. The van der Waals surface area contributed by atoms with Gasteiger partial charge in [-0.25, -0.2) is 0 Å². The molecule has 0 aliphatic heterocycles. The second-order valence-corrected chi connectivity index (χ2v) is 3.75. The van der Waals surface area contributed by atoms with Crippen LogP contribution in [0, 0.1) is 17.2 Å². The van der Waals surface area contributed by atoms with E-state index in [1.807, 2.05) is 6.20 Å². The molecule has 2 heteroatoms. The van der Waals surface area contributed by atoms with E-state index in [4.69, 9.17) is 5.41 Å². The van der Waals surface area contributed by atoms with Gasteiger partial charge in [0.05, 0.1) is 0 Å². The van der Waals surface area contributed by atoms with Gasteiger partial charge < -0.3 is 10.7 Å². The largest absolute Gasteiger partial charge is 0.390 e. The summed E-state index contributed by atoms with van der Waals surface area (Å²) in [5.74, 6) is 1.09. The molecule has 0 saturated heterocycles. The Hall–Kier alpha value is -0.790. The second kappa shape index (κ2) is 5.81. The number of hydrogen-bond acceptors (Lipinski definition) is 2. The second-order valence-electron chi connectivity index (χ2n) is 3.75. The van der Waals surface area contributed by atoms with Crippen LogP contribution in [0.2, 0.25) is 0 Å². The minimum atomic E-state index is 0.433. The van der Waals surface area contributed by atoms with Crippen LogP contribution >= 0.6 is 0 Å². The lowest BCUT2D eigenvalue weighted by molar-refractivity contribution is 0.607.